The number of hydrogen-bond donors (Lipinski definition) is 2. The summed E-state index contributed by atoms with van der Waals surface area (Å²) in [5.41, 5.74) is -0.377. The van der Waals surface area contributed by atoms with E-state index < -0.39 is 18.5 Å². The van der Waals surface area contributed by atoms with Gasteiger partial charge >= 0.3 is 12.5 Å². The van der Waals surface area contributed by atoms with E-state index in [1.165, 1.54) is 12.1 Å². The van der Waals surface area contributed by atoms with Gasteiger partial charge < -0.3 is 19.9 Å². The van der Waals surface area contributed by atoms with E-state index in [0.717, 1.165) is 12.1 Å². The van der Waals surface area contributed by atoms with Crippen LogP contribution in [0.25, 0.3) is 0 Å². The molecular formula is C14H18F3NO4. The minimum atomic E-state index is -4.74. The first-order valence-electron chi connectivity index (χ1n) is 6.45. The molecular weight excluding hydrogens is 303 g/mol. The van der Waals surface area contributed by atoms with Gasteiger partial charge in [-0.25, -0.2) is 4.79 Å². The number of nitrogens with one attached hydrogen (secondary N) is 1. The van der Waals surface area contributed by atoms with Crippen molar-refractivity contribution in [2.45, 2.75) is 33.2 Å². The monoisotopic (exact) mass is 321 g/mol. The van der Waals surface area contributed by atoms with Crippen LogP contribution in [0.3, 0.4) is 0 Å². The van der Waals surface area contributed by atoms with Crippen LogP contribution in [0.15, 0.2) is 24.3 Å². The third-order valence-corrected chi connectivity index (χ3v) is 2.82. The van der Waals surface area contributed by atoms with E-state index >= 15 is 0 Å². The molecule has 22 heavy (non-hydrogen) atoms. The number of hydrogen-bond acceptors (Lipinski definition) is 3. The van der Waals surface area contributed by atoms with Gasteiger partial charge in [-0.3, -0.25) is 0 Å². The predicted molar refractivity (Wildman–Crippen MR) is 73.0 cm³/mol. The minimum Gasteiger partial charge on any atom is -0.491 e. The molecule has 1 unspecified atom stereocenters. The van der Waals surface area contributed by atoms with E-state index in [1.54, 1.807) is 0 Å². The van der Waals surface area contributed by atoms with Crippen molar-refractivity contribution in [2.75, 3.05) is 6.61 Å². The van der Waals surface area contributed by atoms with Gasteiger partial charge in [0.2, 0.25) is 0 Å². The summed E-state index contributed by atoms with van der Waals surface area (Å²) in [6.07, 6.45) is -5.91. The van der Waals surface area contributed by atoms with E-state index in [1.807, 2.05) is 20.8 Å². The quantitative estimate of drug-likeness (QED) is 0.869. The Bertz CT molecular complexity index is 494. The Balaban J connectivity index is 2.64. The molecule has 1 amide bonds. The van der Waals surface area contributed by atoms with Gasteiger partial charge in [-0.1, -0.05) is 20.8 Å². The van der Waals surface area contributed by atoms with E-state index in [9.17, 15) is 18.0 Å². The first-order chi connectivity index (χ1) is 9.97. The Morgan fingerprint density at radius 3 is 2.09 bits per heavy atom. The Morgan fingerprint density at radius 2 is 1.68 bits per heavy atom. The van der Waals surface area contributed by atoms with Crippen molar-refractivity contribution in [1.29, 1.82) is 0 Å². The number of ether oxygens (including phenoxy) is 2. The van der Waals surface area contributed by atoms with Crippen LogP contribution in [0.4, 0.5) is 18.0 Å². The van der Waals surface area contributed by atoms with Gasteiger partial charge in [-0.15, -0.1) is 13.2 Å². The number of carbonyl (C=O) groups is 1. The molecule has 0 aliphatic carbocycles. The third-order valence-electron chi connectivity index (χ3n) is 2.82. The number of rotatable bonds is 5. The fourth-order valence-corrected chi connectivity index (χ4v) is 1.57. The number of amides is 1. The normalized spacial score (nSPS) is 13.4. The molecule has 8 heteroatoms. The molecule has 0 aliphatic rings. The molecule has 1 rings (SSSR count). The van der Waals surface area contributed by atoms with Gasteiger partial charge in [0.1, 0.15) is 18.1 Å². The number of carboxylic acid groups (broad SMARTS) is 1. The Morgan fingerprint density at radius 1 is 1.18 bits per heavy atom. The van der Waals surface area contributed by atoms with Crippen molar-refractivity contribution >= 4 is 6.09 Å². The van der Waals surface area contributed by atoms with Crippen molar-refractivity contribution in [3.63, 3.8) is 0 Å². The van der Waals surface area contributed by atoms with Crippen LogP contribution < -0.4 is 14.8 Å². The highest BCUT2D eigenvalue weighted by atomic mass is 19.4. The van der Waals surface area contributed by atoms with Gasteiger partial charge in [-0.2, -0.15) is 0 Å². The minimum absolute atomic E-state index is 0.0509. The summed E-state index contributed by atoms with van der Waals surface area (Å²) in [7, 11) is 0. The van der Waals surface area contributed by atoms with E-state index in [2.05, 4.69) is 10.1 Å². The first-order valence-corrected chi connectivity index (χ1v) is 6.45. The average Bonchev–Trinajstić information content (AvgIpc) is 2.32. The molecule has 1 aromatic carbocycles. The zero-order chi connectivity index (χ0) is 17.0. The van der Waals surface area contributed by atoms with Crippen LogP contribution in [0.1, 0.15) is 20.8 Å². The van der Waals surface area contributed by atoms with Crippen molar-refractivity contribution in [1.82, 2.24) is 5.32 Å². The molecule has 0 spiro atoms. The molecule has 2 N–H and O–H groups in total. The number of benzene rings is 1. The fraction of sp³-hybridized carbons (Fsp3) is 0.500. The van der Waals surface area contributed by atoms with Crippen molar-refractivity contribution in [2.24, 2.45) is 5.41 Å². The zero-order valence-electron chi connectivity index (χ0n) is 12.4. The largest absolute Gasteiger partial charge is 0.573 e. The van der Waals surface area contributed by atoms with Gasteiger partial charge in [0.25, 0.3) is 0 Å². The molecule has 0 bridgehead atoms. The van der Waals surface area contributed by atoms with E-state index in [4.69, 9.17) is 9.84 Å². The molecule has 0 radical (unpaired) electrons. The van der Waals surface area contributed by atoms with Crippen LogP contribution in [0.5, 0.6) is 11.5 Å². The second kappa shape index (κ2) is 6.76. The molecule has 1 aromatic rings. The standard InChI is InChI=1S/C14H18F3NO4/c1-13(2,3)11(18-12(19)20)8-21-9-4-6-10(7-5-9)22-14(15,16)17/h4-7,11,18H,8H2,1-3H3,(H,19,20). The summed E-state index contributed by atoms with van der Waals surface area (Å²) in [6.45, 7) is 5.58. The molecule has 5 nitrogen and oxygen atoms in total. The average molecular weight is 321 g/mol. The second-order valence-corrected chi connectivity index (χ2v) is 5.70. The van der Waals surface area contributed by atoms with Crippen LogP contribution in [-0.2, 0) is 0 Å². The summed E-state index contributed by atoms with van der Waals surface area (Å²) < 4.78 is 45.3. The van der Waals surface area contributed by atoms with E-state index in [0.29, 0.717) is 5.75 Å². The molecule has 0 heterocycles. The summed E-state index contributed by atoms with van der Waals surface area (Å²) in [4.78, 5) is 10.8. The first kappa shape index (κ1) is 17.9. The maximum absolute atomic E-state index is 12.0. The molecule has 0 aromatic heterocycles. The van der Waals surface area contributed by atoms with Crippen molar-refractivity contribution in [3.05, 3.63) is 24.3 Å². The maximum atomic E-state index is 12.0. The molecule has 0 aliphatic heterocycles. The van der Waals surface area contributed by atoms with Crippen LogP contribution in [0, 0.1) is 5.41 Å². The third kappa shape index (κ3) is 6.55. The van der Waals surface area contributed by atoms with Crippen LogP contribution in [0.2, 0.25) is 0 Å². The highest BCUT2D eigenvalue weighted by Crippen LogP contribution is 2.25. The summed E-state index contributed by atoms with van der Waals surface area (Å²) >= 11 is 0. The SMILES string of the molecule is CC(C)(C)C(COc1ccc(OC(F)(F)F)cc1)NC(=O)O. The molecule has 0 fully saturated rings. The molecule has 124 valence electrons. The lowest BCUT2D eigenvalue weighted by Gasteiger charge is -2.30. The van der Waals surface area contributed by atoms with Gasteiger partial charge in [-0.05, 0) is 29.7 Å². The number of halogens is 3. The van der Waals surface area contributed by atoms with Crippen molar-refractivity contribution in [3.8, 4) is 11.5 Å². The Kier molecular flexibility index (Phi) is 5.51. The fourth-order valence-electron chi connectivity index (χ4n) is 1.57. The van der Waals surface area contributed by atoms with Crippen molar-refractivity contribution < 1.29 is 32.5 Å². The lowest BCUT2D eigenvalue weighted by molar-refractivity contribution is -0.274. The topological polar surface area (TPSA) is 67.8 Å². The summed E-state index contributed by atoms with van der Waals surface area (Å²) in [5.74, 6) is -0.0353. The molecule has 0 saturated heterocycles. The van der Waals surface area contributed by atoms with Gasteiger partial charge in [0, 0.05) is 0 Å². The molecule has 1 atom stereocenters. The van der Waals surface area contributed by atoms with E-state index in [-0.39, 0.29) is 17.8 Å². The predicted octanol–water partition coefficient (Wildman–Crippen LogP) is 3.65. The molecule has 0 saturated carbocycles. The highest BCUT2D eigenvalue weighted by molar-refractivity contribution is 5.65. The van der Waals surface area contributed by atoms with Crippen LogP contribution >= 0.6 is 0 Å². The lowest BCUT2D eigenvalue weighted by Crippen LogP contribution is -2.47. The Labute approximate surface area is 126 Å². The highest BCUT2D eigenvalue weighted by Gasteiger charge is 2.31. The summed E-state index contributed by atoms with van der Waals surface area (Å²) in [6, 6.07) is 4.42. The van der Waals surface area contributed by atoms with Crippen LogP contribution in [-0.4, -0.2) is 30.2 Å². The Hall–Kier alpha value is -2.12. The smallest absolute Gasteiger partial charge is 0.491 e. The van der Waals surface area contributed by atoms with Gasteiger partial charge in [0.15, 0.2) is 0 Å². The van der Waals surface area contributed by atoms with Gasteiger partial charge in [0.05, 0.1) is 6.04 Å². The lowest BCUT2D eigenvalue weighted by atomic mass is 9.87. The maximum Gasteiger partial charge on any atom is 0.573 e. The summed E-state index contributed by atoms with van der Waals surface area (Å²) in [5, 5.41) is 11.1. The number of alkyl halides is 3. The zero-order valence-corrected chi connectivity index (χ0v) is 12.4. The second-order valence-electron chi connectivity index (χ2n) is 5.70.